The molecule has 1 amide bonds. The van der Waals surface area contributed by atoms with Gasteiger partial charge in [-0.1, -0.05) is 0 Å². The number of carbonyl (C=O) groups is 1. The van der Waals surface area contributed by atoms with Crippen LogP contribution in [0.1, 0.15) is 10.5 Å². The predicted octanol–water partition coefficient (Wildman–Crippen LogP) is 1.91. The molecular formula is C14H14BrN3O5S. The van der Waals surface area contributed by atoms with Crippen LogP contribution >= 0.6 is 15.9 Å². The van der Waals surface area contributed by atoms with Crippen molar-refractivity contribution >= 4 is 37.4 Å². The summed E-state index contributed by atoms with van der Waals surface area (Å²) >= 11 is 3.14. The first-order valence-corrected chi connectivity index (χ1v) is 9.20. The SMILES string of the molecule is COc1ccc(NC(=O)c2nc(S(C)(=O)=O)ncc2Br)c(OC)c1. The number of methoxy groups -OCH3 is 2. The Bertz CT molecular complexity index is 886. The fraction of sp³-hybridized carbons (Fsp3) is 0.214. The van der Waals surface area contributed by atoms with Crippen molar-refractivity contribution in [1.29, 1.82) is 0 Å². The Hall–Kier alpha value is -2.20. The lowest BCUT2D eigenvalue weighted by atomic mass is 10.2. The molecule has 0 aliphatic carbocycles. The molecule has 0 saturated heterocycles. The fourth-order valence-corrected chi connectivity index (χ4v) is 2.64. The maximum absolute atomic E-state index is 12.4. The molecule has 0 aliphatic heterocycles. The third-order valence-electron chi connectivity index (χ3n) is 2.93. The topological polar surface area (TPSA) is 107 Å². The van der Waals surface area contributed by atoms with Gasteiger partial charge in [-0.25, -0.2) is 18.4 Å². The molecule has 8 nitrogen and oxygen atoms in total. The molecule has 0 radical (unpaired) electrons. The molecule has 1 aromatic heterocycles. The van der Waals surface area contributed by atoms with Crippen molar-refractivity contribution in [2.45, 2.75) is 5.16 Å². The van der Waals surface area contributed by atoms with Crippen molar-refractivity contribution in [2.75, 3.05) is 25.8 Å². The van der Waals surface area contributed by atoms with Gasteiger partial charge >= 0.3 is 0 Å². The Morgan fingerprint density at radius 1 is 1.25 bits per heavy atom. The van der Waals surface area contributed by atoms with Crippen LogP contribution in [0, 0.1) is 0 Å². The molecular weight excluding hydrogens is 402 g/mol. The molecule has 1 heterocycles. The highest BCUT2D eigenvalue weighted by Crippen LogP contribution is 2.29. The number of sulfone groups is 1. The number of hydrogen-bond donors (Lipinski definition) is 1. The van der Waals surface area contributed by atoms with Crippen molar-refractivity contribution in [2.24, 2.45) is 0 Å². The van der Waals surface area contributed by atoms with Crippen LogP contribution in [0.4, 0.5) is 5.69 Å². The Balaban J connectivity index is 2.37. The smallest absolute Gasteiger partial charge is 0.275 e. The minimum atomic E-state index is -3.63. The van der Waals surface area contributed by atoms with Crippen LogP contribution in [0.5, 0.6) is 11.5 Å². The summed E-state index contributed by atoms with van der Waals surface area (Å²) in [6.45, 7) is 0. The highest BCUT2D eigenvalue weighted by Gasteiger charge is 2.19. The molecule has 0 aliphatic rings. The van der Waals surface area contributed by atoms with E-state index >= 15 is 0 Å². The molecule has 0 fully saturated rings. The van der Waals surface area contributed by atoms with E-state index in [2.05, 4.69) is 31.2 Å². The van der Waals surface area contributed by atoms with E-state index in [0.717, 1.165) is 6.26 Å². The first kappa shape index (κ1) is 18.1. The summed E-state index contributed by atoms with van der Waals surface area (Å²) in [6, 6.07) is 4.85. The Morgan fingerprint density at radius 3 is 2.54 bits per heavy atom. The third kappa shape index (κ3) is 4.01. The zero-order valence-electron chi connectivity index (χ0n) is 13.0. The lowest BCUT2D eigenvalue weighted by Gasteiger charge is -2.12. The summed E-state index contributed by atoms with van der Waals surface area (Å²) in [7, 11) is -0.672. The summed E-state index contributed by atoms with van der Waals surface area (Å²) in [6.07, 6.45) is 2.17. The Kier molecular flexibility index (Phi) is 5.40. The average molecular weight is 416 g/mol. The maximum atomic E-state index is 12.4. The van der Waals surface area contributed by atoms with Crippen LogP contribution < -0.4 is 14.8 Å². The molecule has 0 bridgehead atoms. The second-order valence-corrected chi connectivity index (χ2v) is 7.41. The van der Waals surface area contributed by atoms with Crippen molar-refractivity contribution in [3.63, 3.8) is 0 Å². The molecule has 0 saturated carbocycles. The molecule has 1 N–H and O–H groups in total. The first-order chi connectivity index (χ1) is 11.3. The van der Waals surface area contributed by atoms with Crippen LogP contribution in [0.2, 0.25) is 0 Å². The monoisotopic (exact) mass is 415 g/mol. The Morgan fingerprint density at radius 2 is 1.96 bits per heavy atom. The second kappa shape index (κ2) is 7.14. The van der Waals surface area contributed by atoms with Crippen molar-refractivity contribution in [1.82, 2.24) is 9.97 Å². The van der Waals surface area contributed by atoms with Gasteiger partial charge in [0.2, 0.25) is 15.0 Å². The first-order valence-electron chi connectivity index (χ1n) is 6.52. The van der Waals surface area contributed by atoms with Gasteiger partial charge in [0.25, 0.3) is 5.91 Å². The van der Waals surface area contributed by atoms with Crippen molar-refractivity contribution in [3.8, 4) is 11.5 Å². The molecule has 10 heteroatoms. The number of benzene rings is 1. The summed E-state index contributed by atoms with van der Waals surface area (Å²) in [4.78, 5) is 19.9. The number of amides is 1. The number of carbonyl (C=O) groups excluding carboxylic acids is 1. The van der Waals surface area contributed by atoms with Crippen molar-refractivity contribution in [3.05, 3.63) is 34.6 Å². The summed E-state index contributed by atoms with van der Waals surface area (Å²) < 4.78 is 33.6. The molecule has 128 valence electrons. The highest BCUT2D eigenvalue weighted by molar-refractivity contribution is 9.10. The van der Waals surface area contributed by atoms with Gasteiger partial charge < -0.3 is 14.8 Å². The summed E-state index contributed by atoms with van der Waals surface area (Å²) in [5.74, 6) is 0.335. The van der Waals surface area contributed by atoms with Gasteiger partial charge in [0.05, 0.1) is 24.4 Å². The molecule has 2 aromatic rings. The number of halogens is 1. The summed E-state index contributed by atoms with van der Waals surface area (Å²) in [5.41, 5.74) is 0.276. The van der Waals surface area contributed by atoms with E-state index in [1.165, 1.54) is 20.4 Å². The molecule has 2 rings (SSSR count). The molecule has 24 heavy (non-hydrogen) atoms. The van der Waals surface area contributed by atoms with Gasteiger partial charge in [0.1, 0.15) is 17.2 Å². The van der Waals surface area contributed by atoms with Crippen molar-refractivity contribution < 1.29 is 22.7 Å². The number of hydrogen-bond acceptors (Lipinski definition) is 7. The molecule has 0 spiro atoms. The standard InChI is InChI=1S/C14H14BrN3O5S/c1-22-8-4-5-10(11(6-8)23-2)17-13(19)12-9(15)7-16-14(18-12)24(3,20)21/h4-7H,1-3H3,(H,17,19). The van der Waals surface area contributed by atoms with E-state index in [-0.39, 0.29) is 10.2 Å². The normalized spacial score (nSPS) is 11.0. The van der Waals surface area contributed by atoms with Gasteiger partial charge in [-0.05, 0) is 28.1 Å². The third-order valence-corrected chi connectivity index (χ3v) is 4.37. The van der Waals surface area contributed by atoms with E-state index in [1.54, 1.807) is 18.2 Å². The van der Waals surface area contributed by atoms with E-state index in [1.807, 2.05) is 0 Å². The quantitative estimate of drug-likeness (QED) is 0.742. The van der Waals surface area contributed by atoms with Gasteiger partial charge in [-0.15, -0.1) is 0 Å². The van der Waals surface area contributed by atoms with E-state index in [4.69, 9.17) is 9.47 Å². The summed E-state index contributed by atoms with van der Waals surface area (Å²) in [5, 5.41) is 2.18. The number of anilines is 1. The van der Waals surface area contributed by atoms with Crippen LogP contribution in [-0.2, 0) is 9.84 Å². The predicted molar refractivity (Wildman–Crippen MR) is 90.3 cm³/mol. The number of nitrogens with one attached hydrogen (secondary N) is 1. The zero-order chi connectivity index (χ0) is 17.9. The van der Waals surface area contributed by atoms with Crippen LogP contribution in [0.3, 0.4) is 0 Å². The lowest BCUT2D eigenvalue weighted by molar-refractivity contribution is 0.102. The minimum Gasteiger partial charge on any atom is -0.497 e. The average Bonchev–Trinajstić information content (AvgIpc) is 2.54. The number of rotatable bonds is 5. The largest absolute Gasteiger partial charge is 0.497 e. The van der Waals surface area contributed by atoms with E-state index < -0.39 is 20.9 Å². The minimum absolute atomic E-state index is 0.108. The molecule has 0 atom stereocenters. The number of nitrogens with zero attached hydrogens (tertiary/aromatic N) is 2. The van der Waals surface area contributed by atoms with Crippen LogP contribution in [0.25, 0.3) is 0 Å². The fourth-order valence-electron chi connectivity index (χ4n) is 1.77. The zero-order valence-corrected chi connectivity index (χ0v) is 15.4. The van der Waals surface area contributed by atoms with E-state index in [9.17, 15) is 13.2 Å². The van der Waals surface area contributed by atoms with Crippen LogP contribution in [0.15, 0.2) is 34.0 Å². The van der Waals surface area contributed by atoms with Crippen LogP contribution in [-0.4, -0.2) is 44.8 Å². The number of ether oxygens (including phenoxy) is 2. The van der Waals surface area contributed by atoms with Gasteiger partial charge in [-0.2, -0.15) is 0 Å². The maximum Gasteiger partial charge on any atom is 0.275 e. The van der Waals surface area contributed by atoms with Gasteiger partial charge in [0, 0.05) is 18.5 Å². The Labute approximate surface area is 147 Å². The second-order valence-electron chi connectivity index (χ2n) is 4.64. The molecule has 0 unspecified atom stereocenters. The van der Waals surface area contributed by atoms with Gasteiger partial charge in [0.15, 0.2) is 0 Å². The molecule has 1 aromatic carbocycles. The highest BCUT2D eigenvalue weighted by atomic mass is 79.9. The number of aromatic nitrogens is 2. The van der Waals surface area contributed by atoms with Gasteiger partial charge in [-0.3, -0.25) is 4.79 Å². The van der Waals surface area contributed by atoms with E-state index in [0.29, 0.717) is 17.2 Å². The lowest BCUT2D eigenvalue weighted by Crippen LogP contribution is -2.17.